The number of aryl methyl sites for hydroxylation is 1. The van der Waals surface area contributed by atoms with Gasteiger partial charge in [0, 0.05) is 19.2 Å². The molecule has 0 saturated carbocycles. The molecule has 2 heterocycles. The second-order valence-electron chi connectivity index (χ2n) is 3.78. The lowest BCUT2D eigenvalue weighted by molar-refractivity contribution is -0.182. The first-order valence-corrected chi connectivity index (χ1v) is 4.74. The zero-order chi connectivity index (χ0) is 11.9. The number of alkyl halides is 3. The third kappa shape index (κ3) is 1.89. The van der Waals surface area contributed by atoms with Gasteiger partial charge in [-0.3, -0.25) is 0 Å². The molecular weight excluding hydrogens is 225 g/mol. The fraction of sp³-hybridized carbons (Fsp3) is 0.556. The van der Waals surface area contributed by atoms with E-state index in [4.69, 9.17) is 5.11 Å². The third-order valence-electron chi connectivity index (χ3n) is 2.67. The van der Waals surface area contributed by atoms with Crippen molar-refractivity contribution in [3.05, 3.63) is 17.7 Å². The molecule has 1 unspecified atom stereocenters. The summed E-state index contributed by atoms with van der Waals surface area (Å²) >= 11 is 0. The van der Waals surface area contributed by atoms with E-state index in [-0.39, 0.29) is 25.1 Å². The lowest BCUT2D eigenvalue weighted by Crippen LogP contribution is -2.31. The summed E-state index contributed by atoms with van der Waals surface area (Å²) in [4.78, 5) is 14.4. The quantitative estimate of drug-likeness (QED) is 0.804. The number of carbonyl (C=O) groups is 1. The van der Waals surface area contributed by atoms with Gasteiger partial charge in [0.2, 0.25) is 0 Å². The monoisotopic (exact) mass is 234 g/mol. The molecule has 0 amide bonds. The number of aromatic carboxylic acids is 1. The standard InChI is InChI=1S/C9H9F3N2O2/c10-9(11,12)5-1-2-7-13-6(8(15)16)4-14(7)3-5/h4-5H,1-3H2,(H,15,16). The van der Waals surface area contributed by atoms with Gasteiger partial charge in [0.25, 0.3) is 0 Å². The first kappa shape index (κ1) is 11.0. The van der Waals surface area contributed by atoms with Crippen LogP contribution in [-0.4, -0.2) is 26.8 Å². The van der Waals surface area contributed by atoms with Crippen LogP contribution in [0.5, 0.6) is 0 Å². The summed E-state index contributed by atoms with van der Waals surface area (Å²) in [5.41, 5.74) is -0.196. The van der Waals surface area contributed by atoms with Crippen molar-refractivity contribution < 1.29 is 23.1 Å². The molecule has 1 atom stereocenters. The number of carboxylic acids is 1. The average Bonchev–Trinajstić information content (AvgIpc) is 2.58. The Bertz CT molecular complexity index is 425. The Morgan fingerprint density at radius 1 is 1.56 bits per heavy atom. The van der Waals surface area contributed by atoms with E-state index in [9.17, 15) is 18.0 Å². The Morgan fingerprint density at radius 3 is 2.81 bits per heavy atom. The van der Waals surface area contributed by atoms with E-state index in [1.807, 2.05) is 0 Å². The Morgan fingerprint density at radius 2 is 2.25 bits per heavy atom. The number of hydrogen-bond acceptors (Lipinski definition) is 2. The molecule has 1 aliphatic rings. The van der Waals surface area contributed by atoms with E-state index >= 15 is 0 Å². The number of carboxylic acid groups (broad SMARTS) is 1. The summed E-state index contributed by atoms with van der Waals surface area (Å²) in [6, 6.07) is 0. The summed E-state index contributed by atoms with van der Waals surface area (Å²) < 4.78 is 38.6. The summed E-state index contributed by atoms with van der Waals surface area (Å²) in [7, 11) is 0. The predicted molar refractivity (Wildman–Crippen MR) is 47.1 cm³/mol. The Balaban J connectivity index is 2.24. The van der Waals surface area contributed by atoms with Crippen LogP contribution in [0.3, 0.4) is 0 Å². The maximum atomic E-state index is 12.5. The van der Waals surface area contributed by atoms with Gasteiger partial charge in [-0.05, 0) is 6.42 Å². The SMILES string of the molecule is O=C(O)c1cn2c(n1)CCC(C(F)(F)F)C2. The molecule has 0 bridgehead atoms. The molecule has 1 aliphatic heterocycles. The van der Waals surface area contributed by atoms with Gasteiger partial charge in [0.15, 0.2) is 5.69 Å². The Labute approximate surface area is 88.7 Å². The molecule has 2 rings (SSSR count). The number of rotatable bonds is 1. The smallest absolute Gasteiger partial charge is 0.393 e. The van der Waals surface area contributed by atoms with E-state index in [1.54, 1.807) is 0 Å². The minimum absolute atomic E-state index is 0.0282. The van der Waals surface area contributed by atoms with Crippen molar-refractivity contribution in [1.29, 1.82) is 0 Å². The van der Waals surface area contributed by atoms with Gasteiger partial charge in [-0.25, -0.2) is 9.78 Å². The molecule has 88 valence electrons. The topological polar surface area (TPSA) is 55.1 Å². The molecule has 0 radical (unpaired) electrons. The molecule has 1 N–H and O–H groups in total. The summed E-state index contributed by atoms with van der Waals surface area (Å²) in [6.07, 6.45) is -2.93. The molecule has 7 heteroatoms. The van der Waals surface area contributed by atoms with E-state index in [0.717, 1.165) is 6.20 Å². The number of aromatic nitrogens is 2. The van der Waals surface area contributed by atoms with Crippen LogP contribution in [0.15, 0.2) is 6.20 Å². The highest BCUT2D eigenvalue weighted by Crippen LogP contribution is 2.34. The molecule has 0 fully saturated rings. The second kappa shape index (κ2) is 3.50. The summed E-state index contributed by atoms with van der Waals surface area (Å²) in [5.74, 6) is -2.21. The summed E-state index contributed by atoms with van der Waals surface area (Å²) in [5, 5.41) is 8.66. The van der Waals surface area contributed by atoms with Gasteiger partial charge < -0.3 is 9.67 Å². The van der Waals surface area contributed by atoms with Gasteiger partial charge in [-0.1, -0.05) is 0 Å². The molecule has 0 spiro atoms. The van der Waals surface area contributed by atoms with Crippen LogP contribution in [0.2, 0.25) is 0 Å². The lowest BCUT2D eigenvalue weighted by Gasteiger charge is -2.25. The molecular formula is C9H9F3N2O2. The van der Waals surface area contributed by atoms with Crippen molar-refractivity contribution in [1.82, 2.24) is 9.55 Å². The minimum Gasteiger partial charge on any atom is -0.476 e. The van der Waals surface area contributed by atoms with E-state index in [0.29, 0.717) is 5.82 Å². The van der Waals surface area contributed by atoms with Crippen LogP contribution in [0.1, 0.15) is 22.7 Å². The predicted octanol–water partition coefficient (Wildman–Crippen LogP) is 1.71. The molecule has 0 saturated heterocycles. The normalized spacial score (nSPS) is 20.6. The van der Waals surface area contributed by atoms with Crippen LogP contribution in [0, 0.1) is 5.92 Å². The fourth-order valence-corrected chi connectivity index (χ4v) is 1.81. The highest BCUT2D eigenvalue weighted by Gasteiger charge is 2.41. The summed E-state index contributed by atoms with van der Waals surface area (Å²) in [6.45, 7) is -0.237. The Hall–Kier alpha value is -1.53. The van der Waals surface area contributed by atoms with Gasteiger partial charge in [0.1, 0.15) is 5.82 Å². The van der Waals surface area contributed by atoms with E-state index in [1.165, 1.54) is 4.57 Å². The molecule has 0 aromatic carbocycles. The number of nitrogens with zero attached hydrogens (tertiary/aromatic N) is 2. The van der Waals surface area contributed by atoms with Crippen molar-refractivity contribution >= 4 is 5.97 Å². The minimum atomic E-state index is -4.23. The largest absolute Gasteiger partial charge is 0.476 e. The molecule has 4 nitrogen and oxygen atoms in total. The van der Waals surface area contributed by atoms with Crippen LogP contribution in [-0.2, 0) is 13.0 Å². The third-order valence-corrected chi connectivity index (χ3v) is 2.67. The maximum absolute atomic E-state index is 12.5. The molecule has 1 aromatic rings. The second-order valence-corrected chi connectivity index (χ2v) is 3.78. The fourth-order valence-electron chi connectivity index (χ4n) is 1.81. The molecule has 1 aromatic heterocycles. The number of imidazole rings is 1. The maximum Gasteiger partial charge on any atom is 0.393 e. The van der Waals surface area contributed by atoms with Gasteiger partial charge in [-0.2, -0.15) is 13.2 Å². The van der Waals surface area contributed by atoms with Crippen molar-refractivity contribution in [2.24, 2.45) is 5.92 Å². The zero-order valence-electron chi connectivity index (χ0n) is 8.16. The zero-order valence-corrected chi connectivity index (χ0v) is 8.16. The van der Waals surface area contributed by atoms with Crippen LogP contribution in [0.4, 0.5) is 13.2 Å². The van der Waals surface area contributed by atoms with Crippen molar-refractivity contribution in [3.8, 4) is 0 Å². The van der Waals surface area contributed by atoms with Crippen LogP contribution in [0.25, 0.3) is 0 Å². The number of hydrogen-bond donors (Lipinski definition) is 1. The van der Waals surface area contributed by atoms with Crippen LogP contribution < -0.4 is 0 Å². The van der Waals surface area contributed by atoms with Crippen LogP contribution >= 0.6 is 0 Å². The number of fused-ring (bicyclic) bond motifs is 1. The van der Waals surface area contributed by atoms with Gasteiger partial charge in [0.05, 0.1) is 5.92 Å². The first-order valence-electron chi connectivity index (χ1n) is 4.74. The van der Waals surface area contributed by atoms with Gasteiger partial charge >= 0.3 is 12.1 Å². The van der Waals surface area contributed by atoms with Gasteiger partial charge in [-0.15, -0.1) is 0 Å². The average molecular weight is 234 g/mol. The highest BCUT2D eigenvalue weighted by molar-refractivity contribution is 5.85. The van der Waals surface area contributed by atoms with E-state index < -0.39 is 18.1 Å². The lowest BCUT2D eigenvalue weighted by atomic mass is 9.99. The Kier molecular flexibility index (Phi) is 2.40. The number of halogens is 3. The van der Waals surface area contributed by atoms with Crippen molar-refractivity contribution in [3.63, 3.8) is 0 Å². The van der Waals surface area contributed by atoms with Crippen molar-refractivity contribution in [2.45, 2.75) is 25.6 Å². The van der Waals surface area contributed by atoms with E-state index in [2.05, 4.69) is 4.98 Å². The molecule has 0 aliphatic carbocycles. The highest BCUT2D eigenvalue weighted by atomic mass is 19.4. The first-order chi connectivity index (χ1) is 7.38. The molecule has 16 heavy (non-hydrogen) atoms. The van der Waals surface area contributed by atoms with Crippen molar-refractivity contribution in [2.75, 3.05) is 0 Å².